The van der Waals surface area contributed by atoms with Crippen molar-refractivity contribution in [1.29, 1.82) is 0 Å². The molecule has 0 fully saturated rings. The Labute approximate surface area is 163 Å². The van der Waals surface area contributed by atoms with E-state index in [1.807, 2.05) is 18.2 Å². The summed E-state index contributed by atoms with van der Waals surface area (Å²) in [6, 6.07) is 16.0. The number of benzene rings is 2. The first-order valence-corrected chi connectivity index (χ1v) is 8.53. The second-order valence-corrected chi connectivity index (χ2v) is 5.81. The molecule has 2 aromatic carbocycles. The minimum atomic E-state index is -0.289. The summed E-state index contributed by atoms with van der Waals surface area (Å²) < 4.78 is 15.6. The number of nitrogens with zero attached hydrogens (tertiary/aromatic N) is 1. The summed E-state index contributed by atoms with van der Waals surface area (Å²) in [5.74, 6) is 1.71. The number of ether oxygens (including phenoxy) is 3. The first-order chi connectivity index (χ1) is 13.6. The van der Waals surface area contributed by atoms with Gasteiger partial charge in [0.15, 0.2) is 11.5 Å². The van der Waals surface area contributed by atoms with Crippen molar-refractivity contribution in [2.24, 2.45) is 0 Å². The number of hydrogen-bond donors (Lipinski definition) is 2. The number of hydrogen-bond acceptors (Lipinski definition) is 6. The van der Waals surface area contributed by atoms with E-state index in [-0.39, 0.29) is 5.91 Å². The lowest BCUT2D eigenvalue weighted by Crippen LogP contribution is -2.13. The quantitative estimate of drug-likeness (QED) is 0.643. The van der Waals surface area contributed by atoms with Crippen LogP contribution < -0.4 is 24.8 Å². The van der Waals surface area contributed by atoms with E-state index in [2.05, 4.69) is 15.6 Å². The smallest absolute Gasteiger partial charge is 0.274 e. The molecule has 0 unspecified atom stereocenters. The number of amides is 1. The standard InChI is InChI=1S/C21H21N3O4/c1-26-17-8-4-14(5-9-17)24-21(25)18-10-6-16(13-22-18)23-15-7-11-19(27-2)20(12-15)28-3/h4-13,23H,1-3H3,(H,24,25). The zero-order valence-corrected chi connectivity index (χ0v) is 15.9. The van der Waals surface area contributed by atoms with Crippen molar-refractivity contribution in [3.05, 3.63) is 66.5 Å². The zero-order valence-electron chi connectivity index (χ0n) is 15.9. The van der Waals surface area contributed by atoms with Crippen molar-refractivity contribution in [1.82, 2.24) is 4.98 Å². The Morgan fingerprint density at radius 2 is 1.46 bits per heavy atom. The van der Waals surface area contributed by atoms with E-state index in [9.17, 15) is 4.79 Å². The Kier molecular flexibility index (Phi) is 5.96. The van der Waals surface area contributed by atoms with Gasteiger partial charge < -0.3 is 24.8 Å². The van der Waals surface area contributed by atoms with Crippen LogP contribution in [0.5, 0.6) is 17.2 Å². The number of aromatic nitrogens is 1. The van der Waals surface area contributed by atoms with E-state index in [1.54, 1.807) is 63.9 Å². The molecule has 2 N–H and O–H groups in total. The number of nitrogens with one attached hydrogen (secondary N) is 2. The summed E-state index contributed by atoms with van der Waals surface area (Å²) in [5.41, 5.74) is 2.54. The van der Waals surface area contributed by atoms with Gasteiger partial charge in [-0.05, 0) is 48.5 Å². The van der Waals surface area contributed by atoms with Crippen LogP contribution in [0.2, 0.25) is 0 Å². The molecule has 3 aromatic rings. The fourth-order valence-corrected chi connectivity index (χ4v) is 2.55. The summed E-state index contributed by atoms with van der Waals surface area (Å²) in [7, 11) is 4.76. The van der Waals surface area contributed by atoms with Crippen molar-refractivity contribution in [2.45, 2.75) is 0 Å². The van der Waals surface area contributed by atoms with E-state index in [4.69, 9.17) is 14.2 Å². The van der Waals surface area contributed by atoms with Crippen molar-refractivity contribution in [2.75, 3.05) is 32.0 Å². The highest BCUT2D eigenvalue weighted by Gasteiger charge is 2.09. The molecule has 0 atom stereocenters. The van der Waals surface area contributed by atoms with Gasteiger partial charge in [0.05, 0.1) is 33.2 Å². The average Bonchev–Trinajstić information content (AvgIpc) is 2.74. The molecule has 3 rings (SSSR count). The molecule has 0 aliphatic carbocycles. The first-order valence-electron chi connectivity index (χ1n) is 8.53. The molecule has 144 valence electrons. The summed E-state index contributed by atoms with van der Waals surface area (Å²) in [6.07, 6.45) is 1.60. The van der Waals surface area contributed by atoms with E-state index in [1.165, 1.54) is 0 Å². The average molecular weight is 379 g/mol. The Hall–Kier alpha value is -3.74. The molecule has 7 nitrogen and oxygen atoms in total. The summed E-state index contributed by atoms with van der Waals surface area (Å²) in [4.78, 5) is 16.6. The molecule has 28 heavy (non-hydrogen) atoms. The van der Waals surface area contributed by atoms with Gasteiger partial charge in [0.25, 0.3) is 5.91 Å². The largest absolute Gasteiger partial charge is 0.497 e. The van der Waals surface area contributed by atoms with Gasteiger partial charge in [-0.15, -0.1) is 0 Å². The van der Waals surface area contributed by atoms with E-state index >= 15 is 0 Å². The number of methoxy groups -OCH3 is 3. The topological polar surface area (TPSA) is 81.7 Å². The molecule has 0 aliphatic rings. The maximum atomic E-state index is 12.3. The van der Waals surface area contributed by atoms with Gasteiger partial charge in [-0.1, -0.05) is 0 Å². The van der Waals surface area contributed by atoms with Gasteiger partial charge in [0.1, 0.15) is 11.4 Å². The molecule has 1 amide bonds. The molecule has 7 heteroatoms. The van der Waals surface area contributed by atoms with Crippen molar-refractivity contribution >= 4 is 23.0 Å². The molecular weight excluding hydrogens is 358 g/mol. The first kappa shape index (κ1) is 19.0. The van der Waals surface area contributed by atoms with E-state index < -0.39 is 0 Å². The lowest BCUT2D eigenvalue weighted by Gasteiger charge is -2.11. The lowest BCUT2D eigenvalue weighted by molar-refractivity contribution is 0.102. The highest BCUT2D eigenvalue weighted by atomic mass is 16.5. The van der Waals surface area contributed by atoms with Crippen LogP contribution in [-0.2, 0) is 0 Å². The lowest BCUT2D eigenvalue weighted by atomic mass is 10.2. The minimum absolute atomic E-state index is 0.289. The monoisotopic (exact) mass is 379 g/mol. The third-order valence-corrected chi connectivity index (χ3v) is 4.02. The fourth-order valence-electron chi connectivity index (χ4n) is 2.55. The van der Waals surface area contributed by atoms with Crippen LogP contribution in [0.3, 0.4) is 0 Å². The molecular formula is C21H21N3O4. The molecule has 1 heterocycles. The Balaban J connectivity index is 1.66. The van der Waals surface area contributed by atoms with E-state index in [0.717, 1.165) is 17.1 Å². The van der Waals surface area contributed by atoms with Crippen LogP contribution >= 0.6 is 0 Å². The Morgan fingerprint density at radius 3 is 2.07 bits per heavy atom. The predicted octanol–water partition coefficient (Wildman–Crippen LogP) is 4.10. The number of anilines is 3. The van der Waals surface area contributed by atoms with Crippen LogP contribution in [0, 0.1) is 0 Å². The van der Waals surface area contributed by atoms with Crippen molar-refractivity contribution in [3.8, 4) is 17.2 Å². The normalized spacial score (nSPS) is 10.1. The molecule has 0 saturated carbocycles. The molecule has 0 radical (unpaired) electrons. The highest BCUT2D eigenvalue weighted by molar-refractivity contribution is 6.03. The number of rotatable bonds is 7. The van der Waals surface area contributed by atoms with Crippen LogP contribution in [0.1, 0.15) is 10.5 Å². The second-order valence-electron chi connectivity index (χ2n) is 5.81. The van der Waals surface area contributed by atoms with Crippen LogP contribution in [0.25, 0.3) is 0 Å². The van der Waals surface area contributed by atoms with Gasteiger partial charge >= 0.3 is 0 Å². The van der Waals surface area contributed by atoms with Crippen LogP contribution in [0.4, 0.5) is 17.1 Å². The molecule has 1 aromatic heterocycles. The molecule has 0 spiro atoms. The molecule has 0 bridgehead atoms. The molecule has 0 aliphatic heterocycles. The van der Waals surface area contributed by atoms with Crippen molar-refractivity contribution < 1.29 is 19.0 Å². The third-order valence-electron chi connectivity index (χ3n) is 4.02. The predicted molar refractivity (Wildman–Crippen MR) is 108 cm³/mol. The summed E-state index contributed by atoms with van der Waals surface area (Å²) >= 11 is 0. The van der Waals surface area contributed by atoms with Gasteiger partial charge in [-0.25, -0.2) is 4.98 Å². The van der Waals surface area contributed by atoms with Gasteiger partial charge in [-0.2, -0.15) is 0 Å². The van der Waals surface area contributed by atoms with Crippen LogP contribution in [0.15, 0.2) is 60.8 Å². The number of carbonyl (C=O) groups excluding carboxylic acids is 1. The maximum Gasteiger partial charge on any atom is 0.274 e. The van der Waals surface area contributed by atoms with Crippen molar-refractivity contribution in [3.63, 3.8) is 0 Å². The Morgan fingerprint density at radius 1 is 0.786 bits per heavy atom. The van der Waals surface area contributed by atoms with Gasteiger partial charge in [0, 0.05) is 17.4 Å². The molecule has 0 saturated heterocycles. The van der Waals surface area contributed by atoms with Gasteiger partial charge in [-0.3, -0.25) is 4.79 Å². The summed E-state index contributed by atoms with van der Waals surface area (Å²) in [6.45, 7) is 0. The Bertz CT molecular complexity index is 941. The fraction of sp³-hybridized carbons (Fsp3) is 0.143. The minimum Gasteiger partial charge on any atom is -0.497 e. The van der Waals surface area contributed by atoms with Crippen LogP contribution in [-0.4, -0.2) is 32.2 Å². The number of carbonyl (C=O) groups is 1. The maximum absolute atomic E-state index is 12.3. The van der Waals surface area contributed by atoms with E-state index in [0.29, 0.717) is 22.9 Å². The van der Waals surface area contributed by atoms with Gasteiger partial charge in [0.2, 0.25) is 0 Å². The zero-order chi connectivity index (χ0) is 19.9. The third kappa shape index (κ3) is 4.50. The SMILES string of the molecule is COc1ccc(NC(=O)c2ccc(Nc3ccc(OC)c(OC)c3)cn2)cc1. The second kappa shape index (κ2) is 8.77. The highest BCUT2D eigenvalue weighted by Crippen LogP contribution is 2.31. The number of pyridine rings is 1. The summed E-state index contributed by atoms with van der Waals surface area (Å²) in [5, 5.41) is 6.01.